The monoisotopic (exact) mass is 444 g/mol. The number of nitrogens with zero attached hydrogens (tertiary/aromatic N) is 1. The summed E-state index contributed by atoms with van der Waals surface area (Å²) in [7, 11) is 0. The molecule has 0 aliphatic heterocycles. The molecule has 2 N–H and O–H groups in total. The first-order chi connectivity index (χ1) is 13.5. The van der Waals surface area contributed by atoms with Crippen LogP contribution in [-0.4, -0.2) is 33.5 Å². The summed E-state index contributed by atoms with van der Waals surface area (Å²) < 4.78 is 7.66. The number of carboxylic acid groups (broad SMARTS) is 1. The molecule has 0 spiro atoms. The van der Waals surface area contributed by atoms with E-state index in [1.165, 1.54) is 0 Å². The Morgan fingerprint density at radius 3 is 2.54 bits per heavy atom. The van der Waals surface area contributed by atoms with E-state index in [4.69, 9.17) is 9.84 Å². The number of alkyl halides is 1. The molecule has 0 aliphatic carbocycles. The lowest BCUT2D eigenvalue weighted by Crippen LogP contribution is -2.14. The molecule has 0 saturated carbocycles. The van der Waals surface area contributed by atoms with Gasteiger partial charge < -0.3 is 19.7 Å². The molecule has 0 aliphatic rings. The molecule has 1 heterocycles. The molecule has 7 heteroatoms. The molecule has 6 nitrogen and oxygen atoms in total. The fraction of sp³-hybridized carbons (Fsp3) is 0.238. The highest BCUT2D eigenvalue weighted by atomic mass is 79.9. The Bertz CT molecular complexity index is 999. The molecule has 3 rings (SSSR count). The van der Waals surface area contributed by atoms with Crippen LogP contribution in [0.15, 0.2) is 48.5 Å². The zero-order chi connectivity index (χ0) is 20.1. The van der Waals surface area contributed by atoms with Crippen LogP contribution in [0.1, 0.15) is 18.2 Å². The van der Waals surface area contributed by atoms with Gasteiger partial charge in [-0.3, -0.25) is 4.79 Å². The van der Waals surface area contributed by atoms with E-state index in [0.717, 1.165) is 16.8 Å². The Hall–Kier alpha value is -2.80. The molecule has 0 radical (unpaired) electrons. The van der Waals surface area contributed by atoms with Gasteiger partial charge in [-0.2, -0.15) is 0 Å². The van der Waals surface area contributed by atoms with Gasteiger partial charge in [-0.05, 0) is 24.1 Å². The van der Waals surface area contributed by atoms with E-state index in [-0.39, 0.29) is 11.2 Å². The maximum atomic E-state index is 12.1. The molecule has 146 valence electrons. The summed E-state index contributed by atoms with van der Waals surface area (Å²) in [4.78, 5) is 23.1. The standard InChI is InChI=1S/C21H21BrN2O4/c1-2-15-21(23-18(25)11-22)20-16(9-6-10-17(20)28-13-19(26)27)24(15)12-14-7-4-3-5-8-14/h3-10H,2,11-13H2,1H3,(H,23,25)(H,26,27). The Kier molecular flexibility index (Phi) is 6.36. The van der Waals surface area contributed by atoms with Crippen LogP contribution in [0.2, 0.25) is 0 Å². The summed E-state index contributed by atoms with van der Waals surface area (Å²) in [5, 5.41) is 12.8. The summed E-state index contributed by atoms with van der Waals surface area (Å²) in [5.74, 6) is -0.796. The van der Waals surface area contributed by atoms with Gasteiger partial charge in [0, 0.05) is 12.2 Å². The molecule has 0 atom stereocenters. The number of amides is 1. The van der Waals surface area contributed by atoms with Gasteiger partial charge >= 0.3 is 5.97 Å². The van der Waals surface area contributed by atoms with E-state index in [1.54, 1.807) is 6.07 Å². The Morgan fingerprint density at radius 1 is 1.14 bits per heavy atom. The first-order valence-corrected chi connectivity index (χ1v) is 10.1. The highest BCUT2D eigenvalue weighted by Crippen LogP contribution is 2.38. The second-order valence-corrected chi connectivity index (χ2v) is 6.82. The Morgan fingerprint density at radius 2 is 1.89 bits per heavy atom. The van der Waals surface area contributed by atoms with E-state index >= 15 is 0 Å². The van der Waals surface area contributed by atoms with Crippen molar-refractivity contribution in [3.63, 3.8) is 0 Å². The van der Waals surface area contributed by atoms with Crippen LogP contribution in [0.25, 0.3) is 10.9 Å². The average Bonchev–Trinajstić information content (AvgIpc) is 3.00. The lowest BCUT2D eigenvalue weighted by molar-refractivity contribution is -0.139. The number of carbonyl (C=O) groups excluding carboxylic acids is 1. The first-order valence-electron chi connectivity index (χ1n) is 8.93. The highest BCUT2D eigenvalue weighted by molar-refractivity contribution is 9.09. The minimum atomic E-state index is -1.05. The predicted molar refractivity (Wildman–Crippen MR) is 112 cm³/mol. The van der Waals surface area contributed by atoms with Crippen LogP contribution in [-0.2, 0) is 22.6 Å². The van der Waals surface area contributed by atoms with Crippen molar-refractivity contribution in [3.05, 3.63) is 59.8 Å². The SMILES string of the molecule is CCc1c(NC(=O)CBr)c2c(OCC(=O)O)cccc2n1Cc1ccccc1. The second kappa shape index (κ2) is 8.93. The summed E-state index contributed by atoms with van der Waals surface area (Å²) >= 11 is 3.18. The molecule has 1 amide bonds. The highest BCUT2D eigenvalue weighted by Gasteiger charge is 2.21. The largest absolute Gasteiger partial charge is 0.481 e. The number of aromatic nitrogens is 1. The quantitative estimate of drug-likeness (QED) is 0.513. The zero-order valence-corrected chi connectivity index (χ0v) is 17.0. The number of nitrogens with one attached hydrogen (secondary N) is 1. The van der Waals surface area contributed by atoms with Crippen LogP contribution < -0.4 is 10.1 Å². The van der Waals surface area contributed by atoms with Crippen molar-refractivity contribution in [1.82, 2.24) is 4.57 Å². The van der Waals surface area contributed by atoms with Gasteiger partial charge in [-0.15, -0.1) is 0 Å². The minimum Gasteiger partial charge on any atom is -0.481 e. The fourth-order valence-corrected chi connectivity index (χ4v) is 3.44. The smallest absolute Gasteiger partial charge is 0.341 e. The van der Waals surface area contributed by atoms with Crippen molar-refractivity contribution in [2.75, 3.05) is 17.3 Å². The maximum absolute atomic E-state index is 12.1. The molecule has 0 unspecified atom stereocenters. The number of hydrogen-bond acceptors (Lipinski definition) is 3. The third-order valence-corrected chi connectivity index (χ3v) is 4.92. The van der Waals surface area contributed by atoms with Crippen molar-refractivity contribution in [3.8, 4) is 5.75 Å². The predicted octanol–water partition coefficient (Wildman–Crippen LogP) is 4.05. The van der Waals surface area contributed by atoms with Gasteiger partial charge in [-0.25, -0.2) is 4.79 Å². The number of aliphatic carboxylic acids is 1. The molecule has 0 saturated heterocycles. The minimum absolute atomic E-state index is 0.166. The number of benzene rings is 2. The summed E-state index contributed by atoms with van der Waals surface area (Å²) in [6, 6.07) is 15.5. The average molecular weight is 445 g/mol. The van der Waals surface area contributed by atoms with Crippen molar-refractivity contribution in [2.24, 2.45) is 0 Å². The summed E-state index contributed by atoms with van der Waals surface area (Å²) in [6.07, 6.45) is 0.692. The van der Waals surface area contributed by atoms with Crippen LogP contribution in [0.4, 0.5) is 5.69 Å². The molecular weight excluding hydrogens is 424 g/mol. The topological polar surface area (TPSA) is 80.6 Å². The number of halogens is 1. The summed E-state index contributed by atoms with van der Waals surface area (Å²) in [6.45, 7) is 2.21. The summed E-state index contributed by atoms with van der Waals surface area (Å²) in [5.41, 5.74) is 3.64. The molecule has 0 fully saturated rings. The van der Waals surface area contributed by atoms with Crippen molar-refractivity contribution in [2.45, 2.75) is 19.9 Å². The van der Waals surface area contributed by atoms with E-state index in [0.29, 0.717) is 29.8 Å². The van der Waals surface area contributed by atoms with Crippen LogP contribution in [0.5, 0.6) is 5.75 Å². The molecule has 28 heavy (non-hydrogen) atoms. The van der Waals surface area contributed by atoms with Gasteiger partial charge in [0.2, 0.25) is 5.91 Å². The van der Waals surface area contributed by atoms with E-state index in [9.17, 15) is 9.59 Å². The van der Waals surface area contributed by atoms with Crippen molar-refractivity contribution >= 4 is 44.4 Å². The van der Waals surface area contributed by atoms with E-state index in [2.05, 4.69) is 25.8 Å². The van der Waals surface area contributed by atoms with E-state index < -0.39 is 12.6 Å². The molecule has 0 bridgehead atoms. The Balaban J connectivity index is 2.19. The Labute approximate surface area is 171 Å². The van der Waals surface area contributed by atoms with Gasteiger partial charge in [0.1, 0.15) is 5.75 Å². The fourth-order valence-electron chi connectivity index (χ4n) is 3.30. The van der Waals surface area contributed by atoms with Crippen LogP contribution in [0, 0.1) is 0 Å². The molecule has 3 aromatic rings. The van der Waals surface area contributed by atoms with E-state index in [1.807, 2.05) is 49.4 Å². The van der Waals surface area contributed by atoms with Gasteiger partial charge in [0.05, 0.1) is 21.9 Å². The number of rotatable bonds is 8. The lowest BCUT2D eigenvalue weighted by Gasteiger charge is -2.11. The van der Waals surface area contributed by atoms with Gasteiger partial charge in [-0.1, -0.05) is 59.3 Å². The van der Waals surface area contributed by atoms with Crippen molar-refractivity contribution in [1.29, 1.82) is 0 Å². The molecular formula is C21H21BrN2O4. The number of ether oxygens (including phenoxy) is 1. The van der Waals surface area contributed by atoms with Crippen LogP contribution in [0.3, 0.4) is 0 Å². The molecule has 2 aromatic carbocycles. The third-order valence-electron chi connectivity index (χ3n) is 4.41. The normalized spacial score (nSPS) is 10.8. The van der Waals surface area contributed by atoms with Gasteiger partial charge in [0.15, 0.2) is 6.61 Å². The second-order valence-electron chi connectivity index (χ2n) is 6.26. The zero-order valence-electron chi connectivity index (χ0n) is 15.4. The number of fused-ring (bicyclic) bond motifs is 1. The first kappa shape index (κ1) is 19.9. The number of carbonyl (C=O) groups is 2. The number of anilines is 1. The van der Waals surface area contributed by atoms with Crippen LogP contribution >= 0.6 is 15.9 Å². The number of hydrogen-bond donors (Lipinski definition) is 2. The maximum Gasteiger partial charge on any atom is 0.341 e. The third kappa shape index (κ3) is 4.20. The molecule has 1 aromatic heterocycles. The number of carboxylic acids is 1. The lowest BCUT2D eigenvalue weighted by atomic mass is 10.2. The van der Waals surface area contributed by atoms with Gasteiger partial charge in [0.25, 0.3) is 0 Å². The van der Waals surface area contributed by atoms with Crippen molar-refractivity contribution < 1.29 is 19.4 Å².